The van der Waals surface area contributed by atoms with E-state index in [9.17, 15) is 14.4 Å². The first-order valence-electron chi connectivity index (χ1n) is 13.7. The molecule has 0 saturated heterocycles. The Morgan fingerprint density at radius 3 is 2.25 bits per heavy atom. The first-order chi connectivity index (χ1) is 19.5. The van der Waals surface area contributed by atoms with Crippen LogP contribution in [0, 0.1) is 0 Å². The maximum Gasteiger partial charge on any atom is 0.343 e. The lowest BCUT2D eigenvalue weighted by atomic mass is 10.2. The van der Waals surface area contributed by atoms with Crippen molar-refractivity contribution in [2.45, 2.75) is 58.3 Å². The highest BCUT2D eigenvalue weighted by Gasteiger charge is 2.13. The lowest BCUT2D eigenvalue weighted by Crippen LogP contribution is -2.09. The van der Waals surface area contributed by atoms with E-state index in [1.807, 2.05) is 0 Å². The topological polar surface area (TPSA) is 118 Å². The van der Waals surface area contributed by atoms with E-state index in [4.69, 9.17) is 28.8 Å². The summed E-state index contributed by atoms with van der Waals surface area (Å²) in [5.74, 6) is 0.112. The van der Waals surface area contributed by atoms with Crippen LogP contribution in [-0.2, 0) is 19.1 Å². The van der Waals surface area contributed by atoms with Gasteiger partial charge in [-0.25, -0.2) is 9.59 Å². The molecule has 1 N–H and O–H groups in total. The van der Waals surface area contributed by atoms with E-state index >= 15 is 0 Å². The van der Waals surface area contributed by atoms with Gasteiger partial charge in [0.05, 0.1) is 32.5 Å². The summed E-state index contributed by atoms with van der Waals surface area (Å²) in [5.41, 5.74) is 1.06. The quantitative estimate of drug-likeness (QED) is 0.103. The number of rotatable bonds is 19. The molecule has 0 aliphatic carbocycles. The van der Waals surface area contributed by atoms with Crippen LogP contribution in [0.25, 0.3) is 6.08 Å². The van der Waals surface area contributed by atoms with Gasteiger partial charge in [-0.1, -0.05) is 12.5 Å². The molecule has 0 heterocycles. The molecule has 9 heteroatoms. The predicted octanol–water partition coefficient (Wildman–Crippen LogP) is 5.53. The third-order valence-electron chi connectivity index (χ3n) is 5.79. The zero-order valence-electron chi connectivity index (χ0n) is 23.4. The summed E-state index contributed by atoms with van der Waals surface area (Å²) < 4.78 is 26.7. The lowest BCUT2D eigenvalue weighted by molar-refractivity contribution is -0.144. The summed E-state index contributed by atoms with van der Waals surface area (Å²) in [4.78, 5) is 35.7. The molecule has 2 aromatic carbocycles. The van der Waals surface area contributed by atoms with Crippen LogP contribution in [0.2, 0.25) is 0 Å². The lowest BCUT2D eigenvalue weighted by Gasteiger charge is -2.11. The summed E-state index contributed by atoms with van der Waals surface area (Å²) in [5, 5.41) is 8.73. The Morgan fingerprint density at radius 1 is 0.825 bits per heavy atom. The molecular weight excluding hydrogens is 516 g/mol. The monoisotopic (exact) mass is 556 g/mol. The minimum atomic E-state index is -0.537. The number of carbonyl (C=O) groups excluding carboxylic acids is 3. The first kappa shape index (κ1) is 32.4. The minimum absolute atomic E-state index is 0.159. The fourth-order valence-electron chi connectivity index (χ4n) is 3.64. The van der Waals surface area contributed by atoms with Crippen LogP contribution in [0.1, 0.15) is 74.2 Å². The van der Waals surface area contributed by atoms with Gasteiger partial charge in [0.1, 0.15) is 5.75 Å². The van der Waals surface area contributed by atoms with Gasteiger partial charge in [-0.2, -0.15) is 0 Å². The van der Waals surface area contributed by atoms with Gasteiger partial charge >= 0.3 is 17.9 Å². The van der Waals surface area contributed by atoms with Gasteiger partial charge in [-0.05, 0) is 93.5 Å². The van der Waals surface area contributed by atoms with E-state index in [2.05, 4.69) is 0 Å². The molecule has 0 bridgehead atoms. The van der Waals surface area contributed by atoms with E-state index in [1.165, 1.54) is 13.2 Å². The summed E-state index contributed by atoms with van der Waals surface area (Å²) >= 11 is 0. The van der Waals surface area contributed by atoms with Crippen LogP contribution in [0.3, 0.4) is 0 Å². The van der Waals surface area contributed by atoms with Crippen molar-refractivity contribution < 1.29 is 43.2 Å². The van der Waals surface area contributed by atoms with Gasteiger partial charge in [0, 0.05) is 19.1 Å². The second kappa shape index (κ2) is 19.2. The molecule has 0 saturated carbocycles. The van der Waals surface area contributed by atoms with Crippen LogP contribution in [0.4, 0.5) is 0 Å². The summed E-state index contributed by atoms with van der Waals surface area (Å²) in [6.07, 6.45) is 9.20. The molecule has 0 aliphatic heterocycles. The molecule has 0 radical (unpaired) electrons. The van der Waals surface area contributed by atoms with Crippen molar-refractivity contribution >= 4 is 24.0 Å². The van der Waals surface area contributed by atoms with Crippen LogP contribution in [0.15, 0.2) is 48.5 Å². The van der Waals surface area contributed by atoms with E-state index in [0.29, 0.717) is 48.9 Å². The Balaban J connectivity index is 1.69. The Morgan fingerprint density at radius 2 is 1.55 bits per heavy atom. The number of hydrogen-bond acceptors (Lipinski definition) is 9. The SMILES string of the molecule is CCOC(=O)/C=C/c1ccc(OC(=O)c2ccc(OCCCCCCOC(=O)CCCCCO)cc2)c(OC)c1. The molecule has 0 atom stereocenters. The molecule has 40 heavy (non-hydrogen) atoms. The average Bonchev–Trinajstić information content (AvgIpc) is 2.96. The Kier molecular flexibility index (Phi) is 15.6. The molecule has 218 valence electrons. The molecule has 0 unspecified atom stereocenters. The van der Waals surface area contributed by atoms with Gasteiger partial charge in [-0.3, -0.25) is 4.79 Å². The number of carbonyl (C=O) groups is 3. The first-order valence-corrected chi connectivity index (χ1v) is 13.7. The normalized spacial score (nSPS) is 10.8. The molecule has 0 spiro atoms. The molecule has 0 fully saturated rings. The fourth-order valence-corrected chi connectivity index (χ4v) is 3.64. The van der Waals surface area contributed by atoms with Crippen LogP contribution in [0.5, 0.6) is 17.2 Å². The summed E-state index contributed by atoms with van der Waals surface area (Å²) in [7, 11) is 1.47. The molecule has 2 aromatic rings. The summed E-state index contributed by atoms with van der Waals surface area (Å²) in [6.45, 7) is 3.16. The van der Waals surface area contributed by atoms with Crippen molar-refractivity contribution in [1.29, 1.82) is 0 Å². The molecule has 2 rings (SSSR count). The molecule has 0 aliphatic rings. The Hall–Kier alpha value is -3.85. The smallest absolute Gasteiger partial charge is 0.343 e. The van der Waals surface area contributed by atoms with Crippen LogP contribution in [-0.4, -0.2) is 56.6 Å². The highest BCUT2D eigenvalue weighted by Crippen LogP contribution is 2.29. The Labute approximate surface area is 236 Å². The largest absolute Gasteiger partial charge is 0.494 e. The van der Waals surface area contributed by atoms with Crippen molar-refractivity contribution in [3.63, 3.8) is 0 Å². The van der Waals surface area contributed by atoms with Crippen LogP contribution >= 0.6 is 0 Å². The van der Waals surface area contributed by atoms with Crippen molar-refractivity contribution in [2.24, 2.45) is 0 Å². The standard InChI is InChI=1S/C31H40O9/c1-3-37-30(34)19-13-24-12-18-27(28(23-24)36-2)40-31(35)25-14-16-26(17-15-25)38-21-9-4-5-10-22-39-29(33)11-7-6-8-20-32/h12-19,23,32H,3-11,20-22H2,1-2H3/b19-13+. The zero-order chi connectivity index (χ0) is 29.0. The van der Waals surface area contributed by atoms with Crippen LogP contribution < -0.4 is 14.2 Å². The number of ether oxygens (including phenoxy) is 5. The predicted molar refractivity (Wildman–Crippen MR) is 151 cm³/mol. The molecule has 0 aromatic heterocycles. The second-order valence-electron chi connectivity index (χ2n) is 8.93. The minimum Gasteiger partial charge on any atom is -0.494 e. The fraction of sp³-hybridized carbons (Fsp3) is 0.452. The van der Waals surface area contributed by atoms with Crippen molar-refractivity contribution in [1.82, 2.24) is 0 Å². The van der Waals surface area contributed by atoms with E-state index in [-0.39, 0.29) is 18.3 Å². The van der Waals surface area contributed by atoms with Gasteiger partial charge in [-0.15, -0.1) is 0 Å². The van der Waals surface area contributed by atoms with Gasteiger partial charge < -0.3 is 28.8 Å². The number of unbranched alkanes of at least 4 members (excludes halogenated alkanes) is 5. The zero-order valence-corrected chi connectivity index (χ0v) is 23.4. The number of aliphatic hydroxyl groups excluding tert-OH is 1. The second-order valence-corrected chi connectivity index (χ2v) is 8.93. The molecular formula is C31H40O9. The number of esters is 3. The highest BCUT2D eigenvalue weighted by molar-refractivity contribution is 5.91. The van der Waals surface area contributed by atoms with Gasteiger partial charge in [0.25, 0.3) is 0 Å². The number of benzene rings is 2. The van der Waals surface area contributed by atoms with Crippen molar-refractivity contribution in [2.75, 3.05) is 33.5 Å². The maximum absolute atomic E-state index is 12.6. The molecule has 9 nitrogen and oxygen atoms in total. The summed E-state index contributed by atoms with van der Waals surface area (Å²) in [6, 6.07) is 11.7. The number of hydrogen-bond donors (Lipinski definition) is 1. The van der Waals surface area contributed by atoms with Crippen molar-refractivity contribution in [3.05, 3.63) is 59.7 Å². The highest BCUT2D eigenvalue weighted by atomic mass is 16.6. The third-order valence-corrected chi connectivity index (χ3v) is 5.79. The van der Waals surface area contributed by atoms with E-state index < -0.39 is 11.9 Å². The van der Waals surface area contributed by atoms with Gasteiger partial charge in [0.15, 0.2) is 11.5 Å². The third kappa shape index (κ3) is 12.8. The average molecular weight is 557 g/mol. The molecule has 0 amide bonds. The van der Waals surface area contributed by atoms with Gasteiger partial charge in [0.2, 0.25) is 0 Å². The Bertz CT molecular complexity index is 1080. The number of methoxy groups -OCH3 is 1. The van der Waals surface area contributed by atoms with E-state index in [1.54, 1.807) is 55.5 Å². The maximum atomic E-state index is 12.6. The van der Waals surface area contributed by atoms with Crippen molar-refractivity contribution in [3.8, 4) is 17.2 Å². The van der Waals surface area contributed by atoms with E-state index in [0.717, 1.165) is 44.9 Å². The number of aliphatic hydroxyl groups is 1.